The van der Waals surface area contributed by atoms with Gasteiger partial charge >= 0.3 is 0 Å². The number of aliphatic hydroxyl groups is 1. The number of Topliss-reactive ketones (excluding diaryl/α,β-unsaturated/α-hetero) is 1. The average molecular weight is 302 g/mol. The zero-order chi connectivity index (χ0) is 15.7. The topological polar surface area (TPSA) is 54.4 Å². The van der Waals surface area contributed by atoms with Crippen LogP contribution >= 0.6 is 0 Å². The zero-order valence-electron chi connectivity index (χ0n) is 13.6. The fraction of sp³-hybridized carbons (Fsp3) is 0.789. The molecule has 0 spiro atoms. The predicted octanol–water partition coefficient (Wildman–Crippen LogP) is 3.06. The summed E-state index contributed by atoms with van der Waals surface area (Å²) in [5.41, 5.74) is 0.707. The van der Waals surface area contributed by atoms with Crippen molar-refractivity contribution in [2.24, 2.45) is 28.6 Å². The molecule has 0 amide bonds. The highest BCUT2D eigenvalue weighted by atomic mass is 16.3. The molecule has 0 aromatic rings. The monoisotopic (exact) mass is 302 g/mol. The molecule has 120 valence electrons. The second-order valence-corrected chi connectivity index (χ2v) is 8.58. The lowest BCUT2D eigenvalue weighted by Crippen LogP contribution is -2.53. The fourth-order valence-electron chi connectivity index (χ4n) is 6.36. The summed E-state index contributed by atoms with van der Waals surface area (Å²) in [4.78, 5) is 24.5. The van der Waals surface area contributed by atoms with E-state index in [4.69, 9.17) is 0 Å². The number of ketones is 2. The second kappa shape index (κ2) is 4.53. The van der Waals surface area contributed by atoms with Gasteiger partial charge in [0.25, 0.3) is 0 Å². The highest BCUT2D eigenvalue weighted by molar-refractivity contribution is 6.05. The number of allylic oxidation sites excluding steroid dienone is 1. The third-order valence-electron chi connectivity index (χ3n) is 7.74. The minimum absolute atomic E-state index is 0.00348. The Labute approximate surface area is 132 Å². The van der Waals surface area contributed by atoms with E-state index in [2.05, 4.69) is 13.8 Å². The summed E-state index contributed by atoms with van der Waals surface area (Å²) in [6.07, 6.45) is 7.54. The lowest BCUT2D eigenvalue weighted by Gasteiger charge is -2.56. The minimum Gasteiger partial charge on any atom is -0.393 e. The molecule has 0 heterocycles. The summed E-state index contributed by atoms with van der Waals surface area (Å²) in [6, 6.07) is 0. The Morgan fingerprint density at radius 3 is 2.64 bits per heavy atom. The molecule has 0 aliphatic heterocycles. The van der Waals surface area contributed by atoms with Gasteiger partial charge in [0.1, 0.15) is 0 Å². The molecular formula is C19H26O3. The summed E-state index contributed by atoms with van der Waals surface area (Å²) >= 11 is 0. The van der Waals surface area contributed by atoms with E-state index in [1.165, 1.54) is 0 Å². The van der Waals surface area contributed by atoms with E-state index in [-0.39, 0.29) is 28.5 Å². The van der Waals surface area contributed by atoms with Crippen LogP contribution in [0.4, 0.5) is 0 Å². The largest absolute Gasteiger partial charge is 0.393 e. The summed E-state index contributed by atoms with van der Waals surface area (Å²) < 4.78 is 0. The molecule has 22 heavy (non-hydrogen) atoms. The number of aliphatic hydroxyl groups excluding tert-OH is 1. The van der Waals surface area contributed by atoms with Crippen LogP contribution in [0.25, 0.3) is 0 Å². The molecule has 3 nitrogen and oxygen atoms in total. The van der Waals surface area contributed by atoms with Crippen molar-refractivity contribution in [2.45, 2.75) is 64.9 Å². The summed E-state index contributed by atoms with van der Waals surface area (Å²) in [7, 11) is 0. The number of hydrogen-bond acceptors (Lipinski definition) is 3. The molecule has 4 aliphatic carbocycles. The standard InChI is InChI=1S/C19H26O3/c1-18-7-5-11(20)9-15(18)16(21)10-12-13-3-4-17(22)19(13,2)8-6-14(12)18/h9,12-14,17,22H,3-8,10H2,1-2H3/t12-,13-,14-,17+,18-,19+/m1/s1. The SMILES string of the molecule is C[C@]12CC[C@@H]3[C@H](CC(=O)C4=CC(=O)CC[C@@]43C)[C@H]1CC[C@@H]2O. The van der Waals surface area contributed by atoms with Crippen LogP contribution in [0, 0.1) is 28.6 Å². The number of rotatable bonds is 0. The van der Waals surface area contributed by atoms with Crippen molar-refractivity contribution in [3.8, 4) is 0 Å². The molecule has 3 saturated carbocycles. The van der Waals surface area contributed by atoms with Gasteiger partial charge in [-0.2, -0.15) is 0 Å². The highest BCUT2D eigenvalue weighted by Crippen LogP contribution is 2.64. The van der Waals surface area contributed by atoms with Crippen LogP contribution in [0.5, 0.6) is 0 Å². The molecular weight excluding hydrogens is 276 g/mol. The van der Waals surface area contributed by atoms with Gasteiger partial charge in [-0.05, 0) is 66.8 Å². The van der Waals surface area contributed by atoms with Crippen LogP contribution in [-0.4, -0.2) is 22.8 Å². The van der Waals surface area contributed by atoms with E-state index in [0.717, 1.165) is 37.7 Å². The first-order valence-corrected chi connectivity index (χ1v) is 8.82. The van der Waals surface area contributed by atoms with E-state index in [0.29, 0.717) is 30.6 Å². The van der Waals surface area contributed by atoms with Crippen molar-refractivity contribution in [2.75, 3.05) is 0 Å². The van der Waals surface area contributed by atoms with Crippen LogP contribution in [0.15, 0.2) is 11.6 Å². The van der Waals surface area contributed by atoms with Crippen molar-refractivity contribution in [3.05, 3.63) is 11.6 Å². The zero-order valence-corrected chi connectivity index (χ0v) is 13.6. The van der Waals surface area contributed by atoms with Crippen LogP contribution in [0.3, 0.4) is 0 Å². The molecule has 0 saturated heterocycles. The van der Waals surface area contributed by atoms with Gasteiger partial charge in [-0.15, -0.1) is 0 Å². The Bertz CT molecular complexity index is 577. The molecule has 4 rings (SSSR count). The third-order valence-corrected chi connectivity index (χ3v) is 7.74. The lowest BCUT2D eigenvalue weighted by molar-refractivity contribution is -0.132. The maximum atomic E-state index is 12.7. The molecule has 3 heteroatoms. The van der Waals surface area contributed by atoms with Crippen LogP contribution in [0.2, 0.25) is 0 Å². The van der Waals surface area contributed by atoms with Crippen LogP contribution < -0.4 is 0 Å². The van der Waals surface area contributed by atoms with Gasteiger partial charge in [0.2, 0.25) is 0 Å². The molecule has 0 radical (unpaired) electrons. The van der Waals surface area contributed by atoms with Gasteiger partial charge < -0.3 is 5.11 Å². The number of hydrogen-bond donors (Lipinski definition) is 1. The summed E-state index contributed by atoms with van der Waals surface area (Å²) in [5.74, 6) is 1.70. The molecule has 6 atom stereocenters. The summed E-state index contributed by atoms with van der Waals surface area (Å²) in [5, 5.41) is 10.4. The first-order chi connectivity index (χ1) is 10.4. The smallest absolute Gasteiger partial charge is 0.159 e. The van der Waals surface area contributed by atoms with E-state index in [1.54, 1.807) is 6.08 Å². The Morgan fingerprint density at radius 1 is 1.09 bits per heavy atom. The van der Waals surface area contributed by atoms with Gasteiger partial charge in [0.05, 0.1) is 6.10 Å². The molecule has 4 aliphatic rings. The van der Waals surface area contributed by atoms with Crippen molar-refractivity contribution < 1.29 is 14.7 Å². The Kier molecular flexibility index (Phi) is 3.01. The second-order valence-electron chi connectivity index (χ2n) is 8.58. The van der Waals surface area contributed by atoms with Crippen molar-refractivity contribution in [1.82, 2.24) is 0 Å². The normalized spacial score (nSPS) is 51.0. The molecule has 0 aromatic heterocycles. The van der Waals surface area contributed by atoms with E-state index >= 15 is 0 Å². The molecule has 0 aromatic carbocycles. The highest BCUT2D eigenvalue weighted by Gasteiger charge is 2.60. The van der Waals surface area contributed by atoms with E-state index in [1.807, 2.05) is 0 Å². The van der Waals surface area contributed by atoms with Crippen LogP contribution in [0.1, 0.15) is 58.8 Å². The Balaban J connectivity index is 1.75. The van der Waals surface area contributed by atoms with Gasteiger partial charge in [-0.1, -0.05) is 13.8 Å². The first-order valence-electron chi connectivity index (χ1n) is 8.82. The maximum absolute atomic E-state index is 12.7. The van der Waals surface area contributed by atoms with Crippen LogP contribution in [-0.2, 0) is 9.59 Å². The van der Waals surface area contributed by atoms with Crippen molar-refractivity contribution in [3.63, 3.8) is 0 Å². The van der Waals surface area contributed by atoms with Gasteiger partial charge in [0, 0.05) is 18.4 Å². The first kappa shape index (κ1) is 14.6. The van der Waals surface area contributed by atoms with Gasteiger partial charge in [-0.3, -0.25) is 9.59 Å². The molecule has 3 fully saturated rings. The fourth-order valence-corrected chi connectivity index (χ4v) is 6.36. The molecule has 0 unspecified atom stereocenters. The molecule has 1 N–H and O–H groups in total. The quantitative estimate of drug-likeness (QED) is 0.748. The van der Waals surface area contributed by atoms with Gasteiger partial charge in [-0.25, -0.2) is 0 Å². The van der Waals surface area contributed by atoms with Crippen molar-refractivity contribution >= 4 is 11.6 Å². The summed E-state index contributed by atoms with van der Waals surface area (Å²) in [6.45, 7) is 4.45. The lowest BCUT2D eigenvalue weighted by atomic mass is 9.47. The third kappa shape index (κ3) is 1.72. The number of carbonyl (C=O) groups excluding carboxylic acids is 2. The number of fused-ring (bicyclic) bond motifs is 5. The van der Waals surface area contributed by atoms with E-state index in [9.17, 15) is 14.7 Å². The van der Waals surface area contributed by atoms with Gasteiger partial charge in [0.15, 0.2) is 11.6 Å². The maximum Gasteiger partial charge on any atom is 0.159 e. The van der Waals surface area contributed by atoms with E-state index < -0.39 is 0 Å². The van der Waals surface area contributed by atoms with Crippen molar-refractivity contribution in [1.29, 1.82) is 0 Å². The Hall–Kier alpha value is -0.960. The number of carbonyl (C=O) groups is 2. The Morgan fingerprint density at radius 2 is 1.86 bits per heavy atom. The average Bonchev–Trinajstić information content (AvgIpc) is 2.77. The molecule has 0 bridgehead atoms. The predicted molar refractivity (Wildman–Crippen MR) is 83.1 cm³/mol. The minimum atomic E-state index is -0.203.